The molecular weight excluding hydrogens is 322 g/mol. The minimum atomic E-state index is -3.99. The second-order valence-corrected chi connectivity index (χ2v) is 5.95. The van der Waals surface area contributed by atoms with Crippen molar-refractivity contribution in [2.75, 3.05) is 7.11 Å². The summed E-state index contributed by atoms with van der Waals surface area (Å²) in [5.41, 5.74) is 1.27. The van der Waals surface area contributed by atoms with E-state index in [0.717, 1.165) is 0 Å². The second kappa shape index (κ2) is 5.70. The first-order valence-electron chi connectivity index (χ1n) is 6.26. The monoisotopic (exact) mass is 333 g/mol. The maximum absolute atomic E-state index is 11.9. The van der Waals surface area contributed by atoms with Gasteiger partial charge in [0, 0.05) is 18.0 Å². The molecule has 0 aliphatic heterocycles. The molecular formula is C12H11N7O3S. The van der Waals surface area contributed by atoms with Crippen LogP contribution in [0.2, 0.25) is 0 Å². The minimum absolute atomic E-state index is 0.0976. The zero-order valence-corrected chi connectivity index (χ0v) is 12.6. The first kappa shape index (κ1) is 15.0. The van der Waals surface area contributed by atoms with Crippen LogP contribution in [0.1, 0.15) is 0 Å². The number of nitrogens with two attached hydrogens (primary N) is 1. The van der Waals surface area contributed by atoms with Crippen LogP contribution in [0.4, 0.5) is 0 Å². The number of primary sulfonamides is 1. The smallest absolute Gasteiger partial charge is 0.316 e. The Bertz CT molecular complexity index is 924. The van der Waals surface area contributed by atoms with Gasteiger partial charge in [-0.05, 0) is 16.8 Å². The van der Waals surface area contributed by atoms with Crippen molar-refractivity contribution < 1.29 is 13.2 Å². The van der Waals surface area contributed by atoms with E-state index in [1.165, 1.54) is 25.6 Å². The number of nitrogens with zero attached hydrogens (tertiary/aromatic N) is 5. The lowest BCUT2D eigenvalue weighted by molar-refractivity contribution is 0.380. The lowest BCUT2D eigenvalue weighted by atomic mass is 10.0. The van der Waals surface area contributed by atoms with E-state index in [1.54, 1.807) is 12.1 Å². The molecule has 118 valence electrons. The van der Waals surface area contributed by atoms with E-state index in [1.807, 2.05) is 0 Å². The Labute approximate surface area is 130 Å². The standard InChI is InChI=1S/C12H11N7O3S/c1-22-12-14-5-7(6-15-12)8-3-2-4-9(23(13,20)21)10(8)11-16-18-19-17-11/h2-6H,1H3,(H2,13,20,21)(H,16,17,18,19). The summed E-state index contributed by atoms with van der Waals surface area (Å²) in [6.07, 6.45) is 3.00. The molecule has 2 aromatic heterocycles. The third-order valence-corrected chi connectivity index (χ3v) is 3.98. The molecule has 23 heavy (non-hydrogen) atoms. The Balaban J connectivity index is 2.28. The largest absolute Gasteiger partial charge is 0.467 e. The number of H-pyrrole nitrogens is 1. The average Bonchev–Trinajstić information content (AvgIpc) is 3.07. The quantitative estimate of drug-likeness (QED) is 0.676. The van der Waals surface area contributed by atoms with Gasteiger partial charge in [0.05, 0.1) is 17.6 Å². The van der Waals surface area contributed by atoms with Crippen LogP contribution in [-0.4, -0.2) is 46.1 Å². The van der Waals surface area contributed by atoms with Crippen molar-refractivity contribution in [1.82, 2.24) is 30.6 Å². The van der Waals surface area contributed by atoms with Crippen molar-refractivity contribution in [2.45, 2.75) is 4.90 Å². The summed E-state index contributed by atoms with van der Waals surface area (Å²) in [5, 5.41) is 18.7. The maximum Gasteiger partial charge on any atom is 0.316 e. The number of tetrazole rings is 1. The molecule has 2 heterocycles. The first-order valence-corrected chi connectivity index (χ1v) is 7.81. The van der Waals surface area contributed by atoms with Crippen molar-refractivity contribution in [2.24, 2.45) is 5.14 Å². The number of aromatic nitrogens is 6. The number of nitrogens with one attached hydrogen (secondary N) is 1. The SMILES string of the molecule is COc1ncc(-c2cccc(S(N)(=O)=O)c2-c2nn[nH]n2)cn1. The summed E-state index contributed by atoms with van der Waals surface area (Å²) in [6, 6.07) is 4.81. The van der Waals surface area contributed by atoms with Crippen LogP contribution in [0.3, 0.4) is 0 Å². The van der Waals surface area contributed by atoms with Crippen molar-refractivity contribution in [3.8, 4) is 28.5 Å². The third-order valence-electron chi connectivity index (χ3n) is 3.02. The number of benzene rings is 1. The highest BCUT2D eigenvalue weighted by Gasteiger charge is 2.22. The number of ether oxygens (including phenoxy) is 1. The van der Waals surface area contributed by atoms with E-state index in [0.29, 0.717) is 11.1 Å². The maximum atomic E-state index is 11.9. The zero-order valence-electron chi connectivity index (χ0n) is 11.8. The molecule has 3 aromatic rings. The molecule has 0 aliphatic carbocycles. The van der Waals surface area contributed by atoms with Crippen molar-refractivity contribution in [3.05, 3.63) is 30.6 Å². The van der Waals surface area contributed by atoms with Crippen LogP contribution in [0.15, 0.2) is 35.5 Å². The molecule has 0 fully saturated rings. The molecule has 3 rings (SSSR count). The van der Waals surface area contributed by atoms with Gasteiger partial charge < -0.3 is 4.74 Å². The topological polar surface area (TPSA) is 150 Å². The van der Waals surface area contributed by atoms with Crippen molar-refractivity contribution in [1.29, 1.82) is 0 Å². The molecule has 11 heteroatoms. The summed E-state index contributed by atoms with van der Waals surface area (Å²) in [7, 11) is -2.54. The number of hydrogen-bond acceptors (Lipinski definition) is 8. The Kier molecular flexibility index (Phi) is 3.72. The molecule has 0 unspecified atom stereocenters. The van der Waals surface area contributed by atoms with Gasteiger partial charge in [-0.3, -0.25) is 0 Å². The number of rotatable bonds is 4. The van der Waals surface area contributed by atoms with Crippen LogP contribution in [0.5, 0.6) is 6.01 Å². The average molecular weight is 333 g/mol. The van der Waals surface area contributed by atoms with Gasteiger partial charge >= 0.3 is 6.01 Å². The van der Waals surface area contributed by atoms with Crippen molar-refractivity contribution >= 4 is 10.0 Å². The molecule has 1 aromatic carbocycles. The molecule has 3 N–H and O–H groups in total. The molecule has 0 amide bonds. The molecule has 0 radical (unpaired) electrons. The number of hydrogen-bond donors (Lipinski definition) is 2. The highest BCUT2D eigenvalue weighted by molar-refractivity contribution is 7.89. The molecule has 0 bridgehead atoms. The van der Waals surface area contributed by atoms with Crippen LogP contribution in [-0.2, 0) is 10.0 Å². The van der Waals surface area contributed by atoms with E-state index in [4.69, 9.17) is 9.88 Å². The molecule has 0 saturated heterocycles. The third kappa shape index (κ3) is 2.86. The normalized spacial score (nSPS) is 11.4. The predicted octanol–water partition coefficient (Wildman–Crippen LogP) is -0.0203. The highest BCUT2D eigenvalue weighted by atomic mass is 32.2. The van der Waals surface area contributed by atoms with E-state index < -0.39 is 10.0 Å². The summed E-state index contributed by atoms with van der Waals surface area (Å²) in [6.45, 7) is 0. The molecule has 0 saturated carbocycles. The molecule has 0 atom stereocenters. The fraction of sp³-hybridized carbons (Fsp3) is 0.0833. The summed E-state index contributed by atoms with van der Waals surface area (Å²) in [4.78, 5) is 7.90. The van der Waals surface area contributed by atoms with Gasteiger partial charge in [0.15, 0.2) is 0 Å². The Morgan fingerprint density at radius 2 is 1.96 bits per heavy atom. The summed E-state index contributed by atoms with van der Waals surface area (Å²) < 4.78 is 28.7. The van der Waals surface area contributed by atoms with E-state index in [9.17, 15) is 8.42 Å². The fourth-order valence-electron chi connectivity index (χ4n) is 2.07. The lowest BCUT2D eigenvalue weighted by Gasteiger charge is -2.10. The number of sulfonamides is 1. The van der Waals surface area contributed by atoms with Gasteiger partial charge in [0.25, 0.3) is 0 Å². The van der Waals surface area contributed by atoms with Crippen LogP contribution < -0.4 is 9.88 Å². The molecule has 0 spiro atoms. The van der Waals surface area contributed by atoms with E-state index >= 15 is 0 Å². The van der Waals surface area contributed by atoms with Crippen molar-refractivity contribution in [3.63, 3.8) is 0 Å². The van der Waals surface area contributed by atoms with E-state index in [2.05, 4.69) is 30.6 Å². The predicted molar refractivity (Wildman–Crippen MR) is 78.6 cm³/mol. The van der Waals surface area contributed by atoms with Crippen LogP contribution in [0, 0.1) is 0 Å². The molecule has 0 aliphatic rings. The van der Waals surface area contributed by atoms with Gasteiger partial charge in [0.1, 0.15) is 0 Å². The van der Waals surface area contributed by atoms with E-state index in [-0.39, 0.29) is 22.3 Å². The summed E-state index contributed by atoms with van der Waals surface area (Å²) >= 11 is 0. The van der Waals surface area contributed by atoms with Gasteiger partial charge in [-0.25, -0.2) is 23.5 Å². The number of aromatic amines is 1. The van der Waals surface area contributed by atoms with Crippen LogP contribution in [0.25, 0.3) is 22.5 Å². The highest BCUT2D eigenvalue weighted by Crippen LogP contribution is 2.34. The summed E-state index contributed by atoms with van der Waals surface area (Å²) in [5.74, 6) is 0.0976. The first-order chi connectivity index (χ1) is 11.0. The van der Waals surface area contributed by atoms with Gasteiger partial charge in [-0.2, -0.15) is 5.21 Å². The Morgan fingerprint density at radius 1 is 1.22 bits per heavy atom. The minimum Gasteiger partial charge on any atom is -0.467 e. The van der Waals surface area contributed by atoms with Crippen LogP contribution >= 0.6 is 0 Å². The van der Waals surface area contributed by atoms with Gasteiger partial charge in [0.2, 0.25) is 15.8 Å². The fourth-order valence-corrected chi connectivity index (χ4v) is 2.82. The zero-order chi connectivity index (χ0) is 16.4. The van der Waals surface area contributed by atoms with Gasteiger partial charge in [-0.15, -0.1) is 10.2 Å². The Hall–Kier alpha value is -2.92. The Morgan fingerprint density at radius 3 is 2.52 bits per heavy atom. The van der Waals surface area contributed by atoms with Gasteiger partial charge in [-0.1, -0.05) is 12.1 Å². The lowest BCUT2D eigenvalue weighted by Crippen LogP contribution is -2.14. The second-order valence-electron chi connectivity index (χ2n) is 4.42. The number of methoxy groups -OCH3 is 1. The molecule has 10 nitrogen and oxygen atoms in total.